The van der Waals surface area contributed by atoms with Crippen LogP contribution in [-0.2, 0) is 0 Å². The van der Waals surface area contributed by atoms with E-state index >= 15 is 0 Å². The summed E-state index contributed by atoms with van der Waals surface area (Å²) >= 11 is 0. The number of anilines is 3. The average molecular weight is 676 g/mol. The van der Waals surface area contributed by atoms with E-state index in [2.05, 4.69) is 229 Å². The summed E-state index contributed by atoms with van der Waals surface area (Å²) in [6.07, 6.45) is 0. The second-order valence-electron chi connectivity index (χ2n) is 13.4. The maximum atomic E-state index is 2.35. The van der Waals surface area contributed by atoms with Crippen LogP contribution in [0.4, 0.5) is 17.1 Å². The molecule has 0 N–H and O–H groups in total. The third-order valence-electron chi connectivity index (χ3n) is 10.1. The summed E-state index contributed by atoms with van der Waals surface area (Å²) in [7, 11) is 0. The van der Waals surface area contributed by atoms with Crippen LogP contribution in [0.25, 0.3) is 66.4 Å². The summed E-state index contributed by atoms with van der Waals surface area (Å²) in [5.74, 6) is 0. The van der Waals surface area contributed by atoms with Gasteiger partial charge in [-0.3, -0.25) is 0 Å². The molecule has 0 saturated carbocycles. The van der Waals surface area contributed by atoms with Gasteiger partial charge in [-0.2, -0.15) is 0 Å². The van der Waals surface area contributed by atoms with Gasteiger partial charge in [0.25, 0.3) is 0 Å². The number of benzene rings is 9. The molecule has 0 atom stereocenters. The van der Waals surface area contributed by atoms with E-state index in [4.69, 9.17) is 0 Å². The third kappa shape index (κ3) is 6.53. The number of fused-ring (bicyclic) bond motifs is 1. The van der Waals surface area contributed by atoms with Crippen molar-refractivity contribution in [2.75, 3.05) is 4.90 Å². The lowest BCUT2D eigenvalue weighted by molar-refractivity contribution is 1.28. The first-order chi connectivity index (χ1) is 26.3. The lowest BCUT2D eigenvalue weighted by Crippen LogP contribution is -2.09. The molecule has 53 heavy (non-hydrogen) atoms. The number of rotatable bonds is 8. The molecule has 0 radical (unpaired) electrons. The minimum atomic E-state index is 1.10. The van der Waals surface area contributed by atoms with E-state index in [0.29, 0.717) is 0 Å². The first kappa shape index (κ1) is 32.0. The van der Waals surface area contributed by atoms with Crippen molar-refractivity contribution in [2.24, 2.45) is 0 Å². The maximum Gasteiger partial charge on any atom is 0.0462 e. The summed E-state index contributed by atoms with van der Waals surface area (Å²) in [6, 6.07) is 80.7. The van der Waals surface area contributed by atoms with Gasteiger partial charge < -0.3 is 4.90 Å². The van der Waals surface area contributed by atoms with E-state index in [0.717, 1.165) is 17.1 Å². The van der Waals surface area contributed by atoms with Crippen LogP contribution in [0, 0.1) is 0 Å². The van der Waals surface area contributed by atoms with Gasteiger partial charge in [-0.15, -0.1) is 0 Å². The molecule has 0 aromatic heterocycles. The van der Waals surface area contributed by atoms with Gasteiger partial charge in [-0.05, 0) is 103 Å². The molecular weight excluding hydrogens is 639 g/mol. The topological polar surface area (TPSA) is 3.24 Å². The first-order valence-corrected chi connectivity index (χ1v) is 18.2. The normalized spacial score (nSPS) is 11.0. The smallest absolute Gasteiger partial charge is 0.0462 e. The second-order valence-corrected chi connectivity index (χ2v) is 13.4. The van der Waals surface area contributed by atoms with Crippen molar-refractivity contribution in [2.45, 2.75) is 0 Å². The van der Waals surface area contributed by atoms with Crippen molar-refractivity contribution in [3.63, 3.8) is 0 Å². The molecule has 0 unspecified atom stereocenters. The Hall–Kier alpha value is -6.96. The van der Waals surface area contributed by atoms with Crippen molar-refractivity contribution in [3.8, 4) is 55.6 Å². The molecule has 0 aliphatic rings. The Balaban J connectivity index is 1.10. The lowest BCUT2D eigenvalue weighted by atomic mass is 9.89. The second kappa shape index (κ2) is 14.3. The minimum absolute atomic E-state index is 1.10. The molecule has 0 fully saturated rings. The Bertz CT molecular complexity index is 2590. The molecule has 0 bridgehead atoms. The summed E-state index contributed by atoms with van der Waals surface area (Å²) < 4.78 is 0. The largest absolute Gasteiger partial charge is 0.311 e. The molecule has 0 aliphatic carbocycles. The van der Waals surface area contributed by atoms with Crippen molar-refractivity contribution < 1.29 is 0 Å². The van der Waals surface area contributed by atoms with Crippen LogP contribution in [0.1, 0.15) is 0 Å². The summed E-state index contributed by atoms with van der Waals surface area (Å²) in [6.45, 7) is 0. The molecule has 0 spiro atoms. The van der Waals surface area contributed by atoms with Crippen LogP contribution in [0.15, 0.2) is 224 Å². The van der Waals surface area contributed by atoms with Crippen LogP contribution >= 0.6 is 0 Å². The van der Waals surface area contributed by atoms with Gasteiger partial charge in [0.1, 0.15) is 0 Å². The molecule has 1 heteroatoms. The predicted octanol–water partition coefficient (Wildman–Crippen LogP) is 14.6. The summed E-state index contributed by atoms with van der Waals surface area (Å²) in [5, 5.41) is 2.49. The maximum absolute atomic E-state index is 2.35. The van der Waals surface area contributed by atoms with Crippen LogP contribution in [0.2, 0.25) is 0 Å². The number of hydrogen-bond donors (Lipinski definition) is 0. The van der Waals surface area contributed by atoms with E-state index in [1.807, 2.05) is 0 Å². The van der Waals surface area contributed by atoms with Gasteiger partial charge in [0.15, 0.2) is 0 Å². The zero-order valence-electron chi connectivity index (χ0n) is 29.3. The Kier molecular flexibility index (Phi) is 8.66. The molecule has 250 valence electrons. The zero-order valence-corrected chi connectivity index (χ0v) is 29.3. The Morgan fingerprint density at radius 3 is 1.02 bits per heavy atom. The van der Waals surface area contributed by atoms with Crippen LogP contribution in [-0.4, -0.2) is 0 Å². The van der Waals surface area contributed by atoms with Gasteiger partial charge in [-0.25, -0.2) is 0 Å². The highest BCUT2D eigenvalue weighted by Gasteiger charge is 2.16. The van der Waals surface area contributed by atoms with Crippen LogP contribution < -0.4 is 4.90 Å². The summed E-state index contributed by atoms with van der Waals surface area (Å²) in [5.41, 5.74) is 15.4. The highest BCUT2D eigenvalue weighted by atomic mass is 15.1. The van der Waals surface area contributed by atoms with E-state index < -0.39 is 0 Å². The fourth-order valence-corrected chi connectivity index (χ4v) is 7.39. The SMILES string of the molecule is c1ccc(-c2ccc(-c3ccc(N(c4ccc(-c5ccccc5)cc4)c4ccc(-c5c(-c6ccccc6)ccc6ccccc56)cc4)cc3)cc2)cc1. The predicted molar refractivity (Wildman–Crippen MR) is 226 cm³/mol. The monoisotopic (exact) mass is 675 g/mol. The highest BCUT2D eigenvalue weighted by Crippen LogP contribution is 2.41. The zero-order chi connectivity index (χ0) is 35.4. The van der Waals surface area contributed by atoms with Gasteiger partial charge >= 0.3 is 0 Å². The van der Waals surface area contributed by atoms with E-state index in [-0.39, 0.29) is 0 Å². The lowest BCUT2D eigenvalue weighted by Gasteiger charge is -2.26. The van der Waals surface area contributed by atoms with Gasteiger partial charge in [0, 0.05) is 17.1 Å². The van der Waals surface area contributed by atoms with E-state index in [1.54, 1.807) is 0 Å². The quantitative estimate of drug-likeness (QED) is 0.155. The summed E-state index contributed by atoms with van der Waals surface area (Å²) in [4.78, 5) is 2.35. The van der Waals surface area contributed by atoms with E-state index in [1.165, 1.54) is 66.4 Å². The number of hydrogen-bond acceptors (Lipinski definition) is 1. The molecule has 9 rings (SSSR count). The molecule has 0 saturated heterocycles. The fraction of sp³-hybridized carbons (Fsp3) is 0. The van der Waals surface area contributed by atoms with Gasteiger partial charge in [-0.1, -0.05) is 188 Å². The molecule has 0 aliphatic heterocycles. The first-order valence-electron chi connectivity index (χ1n) is 18.2. The Morgan fingerprint density at radius 1 is 0.226 bits per heavy atom. The molecule has 0 amide bonds. The highest BCUT2D eigenvalue weighted by molar-refractivity contribution is 6.04. The van der Waals surface area contributed by atoms with Crippen LogP contribution in [0.3, 0.4) is 0 Å². The van der Waals surface area contributed by atoms with Gasteiger partial charge in [0.05, 0.1) is 0 Å². The standard InChI is InChI=1S/C52H37N/c1-4-12-38(13-5-1)40-20-22-41(23-21-40)43-26-33-48(34-27-43)53(47-31-24-42(25-32-47)39-14-6-2-7-15-39)49-35-28-46(29-36-49)52-50-19-11-10-18-45(50)30-37-51(52)44-16-8-3-9-17-44/h1-37H. The average Bonchev–Trinajstić information content (AvgIpc) is 3.25. The molecule has 9 aromatic carbocycles. The van der Waals surface area contributed by atoms with Crippen molar-refractivity contribution in [1.82, 2.24) is 0 Å². The minimum Gasteiger partial charge on any atom is -0.311 e. The van der Waals surface area contributed by atoms with Crippen molar-refractivity contribution in [1.29, 1.82) is 0 Å². The fourth-order valence-electron chi connectivity index (χ4n) is 7.39. The third-order valence-corrected chi connectivity index (χ3v) is 10.1. The van der Waals surface area contributed by atoms with Crippen molar-refractivity contribution in [3.05, 3.63) is 224 Å². The molecule has 0 heterocycles. The van der Waals surface area contributed by atoms with Crippen molar-refractivity contribution >= 4 is 27.8 Å². The Morgan fingerprint density at radius 2 is 0.566 bits per heavy atom. The Labute approximate surface area is 311 Å². The van der Waals surface area contributed by atoms with Crippen LogP contribution in [0.5, 0.6) is 0 Å². The molecular formula is C52H37N. The molecule has 1 nitrogen and oxygen atoms in total. The van der Waals surface area contributed by atoms with Gasteiger partial charge in [0.2, 0.25) is 0 Å². The molecule has 9 aromatic rings. The number of nitrogens with zero attached hydrogens (tertiary/aromatic N) is 1. The van der Waals surface area contributed by atoms with E-state index in [9.17, 15) is 0 Å².